The van der Waals surface area contributed by atoms with Crippen molar-refractivity contribution in [3.63, 3.8) is 0 Å². The minimum Gasteiger partial charge on any atom is -0.469 e. The molecule has 8 nitrogen and oxygen atoms in total. The minimum atomic E-state index is -0.413. The van der Waals surface area contributed by atoms with E-state index in [0.29, 0.717) is 19.0 Å². The molecule has 2 rings (SSSR count). The van der Waals surface area contributed by atoms with Crippen LogP contribution in [0, 0.1) is 10.1 Å². The summed E-state index contributed by atoms with van der Waals surface area (Å²) in [6.07, 6.45) is 2.45. The third kappa shape index (κ3) is 7.42. The van der Waals surface area contributed by atoms with Crippen molar-refractivity contribution in [1.82, 2.24) is 10.6 Å². The summed E-state index contributed by atoms with van der Waals surface area (Å²) >= 11 is 0. The van der Waals surface area contributed by atoms with E-state index in [-0.39, 0.29) is 29.7 Å². The molecule has 3 N–H and O–H groups in total. The molecule has 0 aliphatic carbocycles. The number of aliphatic imine (C=N–C) groups is 1. The second-order valence-electron chi connectivity index (χ2n) is 4.99. The molecule has 0 aliphatic heterocycles. The smallest absolute Gasteiger partial charge is 0.269 e. The summed E-state index contributed by atoms with van der Waals surface area (Å²) in [5.41, 5.74) is 0.919. The van der Waals surface area contributed by atoms with Crippen LogP contribution in [0.2, 0.25) is 0 Å². The normalized spacial score (nSPS) is 10.7. The van der Waals surface area contributed by atoms with E-state index >= 15 is 0 Å². The number of hydrogen-bond acceptors (Lipinski definition) is 5. The average molecular weight is 459 g/mol. The van der Waals surface area contributed by atoms with Gasteiger partial charge >= 0.3 is 0 Å². The lowest BCUT2D eigenvalue weighted by Gasteiger charge is -2.12. The molecule has 0 spiro atoms. The zero-order valence-electron chi connectivity index (χ0n) is 13.9. The van der Waals surface area contributed by atoms with Gasteiger partial charge in [-0.3, -0.25) is 15.1 Å². The van der Waals surface area contributed by atoms with Crippen molar-refractivity contribution in [2.75, 3.05) is 32.0 Å². The molecule has 0 saturated carbocycles. The van der Waals surface area contributed by atoms with E-state index in [0.717, 1.165) is 24.4 Å². The van der Waals surface area contributed by atoms with Gasteiger partial charge in [0, 0.05) is 50.9 Å². The van der Waals surface area contributed by atoms with E-state index in [1.54, 1.807) is 25.4 Å². The summed E-state index contributed by atoms with van der Waals surface area (Å²) in [7, 11) is 1.71. The van der Waals surface area contributed by atoms with Crippen LogP contribution in [-0.4, -0.2) is 37.6 Å². The van der Waals surface area contributed by atoms with Gasteiger partial charge in [0.1, 0.15) is 5.76 Å². The molecule has 0 amide bonds. The zero-order valence-corrected chi connectivity index (χ0v) is 16.2. The van der Waals surface area contributed by atoms with Gasteiger partial charge in [0.25, 0.3) is 5.69 Å². The SMILES string of the molecule is CN=C(NCCNc1ccc([N+](=O)[O-])cc1)NCCc1ccco1.I. The molecule has 0 radical (unpaired) electrons. The highest BCUT2D eigenvalue weighted by molar-refractivity contribution is 14.0. The number of furan rings is 1. The lowest BCUT2D eigenvalue weighted by atomic mass is 10.3. The highest BCUT2D eigenvalue weighted by Gasteiger charge is 2.03. The van der Waals surface area contributed by atoms with Crippen molar-refractivity contribution in [2.45, 2.75) is 6.42 Å². The first-order valence-corrected chi connectivity index (χ1v) is 7.64. The number of anilines is 1. The topological polar surface area (TPSA) is 105 Å². The molecule has 25 heavy (non-hydrogen) atoms. The Bertz CT molecular complexity index is 659. The van der Waals surface area contributed by atoms with Crippen LogP contribution in [0.15, 0.2) is 52.1 Å². The standard InChI is InChI=1S/C16H21N5O3.HI/c1-17-16(19-9-8-15-3-2-12-24-15)20-11-10-18-13-4-6-14(7-5-13)21(22)23;/h2-7,12,18H,8-11H2,1H3,(H2,17,19,20);1H. The Labute approximate surface area is 163 Å². The van der Waals surface area contributed by atoms with E-state index in [1.807, 2.05) is 12.1 Å². The number of nitro groups is 1. The predicted molar refractivity (Wildman–Crippen MR) is 109 cm³/mol. The maximum Gasteiger partial charge on any atom is 0.269 e. The quantitative estimate of drug-likeness (QED) is 0.140. The molecule has 0 saturated heterocycles. The van der Waals surface area contributed by atoms with Gasteiger partial charge in [-0.05, 0) is 24.3 Å². The summed E-state index contributed by atoms with van der Waals surface area (Å²) in [5, 5.41) is 20.2. The van der Waals surface area contributed by atoms with E-state index in [2.05, 4.69) is 20.9 Å². The Balaban J connectivity index is 0.00000312. The van der Waals surface area contributed by atoms with Gasteiger partial charge in [0.05, 0.1) is 11.2 Å². The van der Waals surface area contributed by atoms with Crippen molar-refractivity contribution in [3.8, 4) is 0 Å². The van der Waals surface area contributed by atoms with Gasteiger partial charge in [-0.1, -0.05) is 0 Å². The fourth-order valence-electron chi connectivity index (χ4n) is 2.07. The third-order valence-electron chi connectivity index (χ3n) is 3.29. The molecule has 136 valence electrons. The number of rotatable bonds is 8. The van der Waals surface area contributed by atoms with Gasteiger partial charge in [0.15, 0.2) is 5.96 Å². The van der Waals surface area contributed by atoms with E-state index in [4.69, 9.17) is 4.42 Å². The van der Waals surface area contributed by atoms with E-state index in [9.17, 15) is 10.1 Å². The molecule has 0 unspecified atom stereocenters. The summed E-state index contributed by atoms with van der Waals surface area (Å²) in [4.78, 5) is 14.3. The molecule has 2 aromatic rings. The molecule has 0 atom stereocenters. The number of nitrogens with one attached hydrogen (secondary N) is 3. The molecular formula is C16H22IN5O3. The third-order valence-corrected chi connectivity index (χ3v) is 3.29. The molecule has 0 fully saturated rings. The van der Waals surface area contributed by atoms with E-state index < -0.39 is 4.92 Å². The monoisotopic (exact) mass is 459 g/mol. The Hall–Kier alpha value is -2.30. The number of nitrogens with zero attached hydrogens (tertiary/aromatic N) is 2. The molecular weight excluding hydrogens is 437 g/mol. The second kappa shape index (κ2) is 11.3. The minimum absolute atomic E-state index is 0. The van der Waals surface area contributed by atoms with Gasteiger partial charge in [-0.25, -0.2) is 0 Å². The fourth-order valence-corrected chi connectivity index (χ4v) is 2.07. The first-order chi connectivity index (χ1) is 11.7. The van der Waals surface area contributed by atoms with Gasteiger partial charge < -0.3 is 20.4 Å². The van der Waals surface area contributed by atoms with Crippen LogP contribution in [0.3, 0.4) is 0 Å². The first kappa shape index (κ1) is 20.7. The average Bonchev–Trinajstić information content (AvgIpc) is 3.10. The lowest BCUT2D eigenvalue weighted by molar-refractivity contribution is -0.384. The molecule has 1 heterocycles. The van der Waals surface area contributed by atoms with Crippen LogP contribution in [0.25, 0.3) is 0 Å². The fraction of sp³-hybridized carbons (Fsp3) is 0.312. The maximum absolute atomic E-state index is 10.6. The van der Waals surface area contributed by atoms with Gasteiger partial charge in [-0.2, -0.15) is 0 Å². The Morgan fingerprint density at radius 1 is 1.16 bits per heavy atom. The maximum atomic E-state index is 10.6. The second-order valence-corrected chi connectivity index (χ2v) is 4.99. The highest BCUT2D eigenvalue weighted by Crippen LogP contribution is 2.14. The van der Waals surface area contributed by atoms with Crippen LogP contribution in [0.5, 0.6) is 0 Å². The molecule has 1 aromatic carbocycles. The van der Waals surface area contributed by atoms with Crippen LogP contribution < -0.4 is 16.0 Å². The lowest BCUT2D eigenvalue weighted by Crippen LogP contribution is -2.40. The Morgan fingerprint density at radius 2 is 1.88 bits per heavy atom. The molecule has 9 heteroatoms. The summed E-state index contributed by atoms with van der Waals surface area (Å²) in [6, 6.07) is 10.1. The van der Waals surface area contributed by atoms with Crippen LogP contribution in [0.1, 0.15) is 5.76 Å². The van der Waals surface area contributed by atoms with Crippen molar-refractivity contribution in [1.29, 1.82) is 0 Å². The summed E-state index contributed by atoms with van der Waals surface area (Å²) < 4.78 is 5.27. The van der Waals surface area contributed by atoms with Crippen LogP contribution in [-0.2, 0) is 6.42 Å². The first-order valence-electron chi connectivity index (χ1n) is 7.64. The summed E-state index contributed by atoms with van der Waals surface area (Å²) in [5.74, 6) is 1.64. The predicted octanol–water partition coefficient (Wildman–Crippen LogP) is 2.63. The number of halogens is 1. The molecule has 1 aromatic heterocycles. The molecule has 0 aliphatic rings. The van der Waals surface area contributed by atoms with E-state index in [1.165, 1.54) is 12.1 Å². The van der Waals surface area contributed by atoms with Gasteiger partial charge in [0.2, 0.25) is 0 Å². The highest BCUT2D eigenvalue weighted by atomic mass is 127. The Kier molecular flexibility index (Phi) is 9.37. The van der Waals surface area contributed by atoms with Crippen molar-refractivity contribution in [2.24, 2.45) is 4.99 Å². The van der Waals surface area contributed by atoms with Crippen LogP contribution >= 0.6 is 24.0 Å². The zero-order chi connectivity index (χ0) is 17.2. The largest absolute Gasteiger partial charge is 0.469 e. The number of nitro benzene ring substituents is 1. The molecule has 0 bridgehead atoms. The van der Waals surface area contributed by atoms with Crippen molar-refractivity contribution in [3.05, 3.63) is 58.5 Å². The number of hydrogen-bond donors (Lipinski definition) is 3. The number of guanidine groups is 1. The Morgan fingerprint density at radius 3 is 2.48 bits per heavy atom. The number of benzene rings is 1. The number of non-ortho nitro benzene ring substituents is 1. The summed E-state index contributed by atoms with van der Waals surface area (Å²) in [6.45, 7) is 2.05. The van der Waals surface area contributed by atoms with Crippen molar-refractivity contribution >= 4 is 41.3 Å². The van der Waals surface area contributed by atoms with Crippen molar-refractivity contribution < 1.29 is 9.34 Å². The van der Waals surface area contributed by atoms with Crippen LogP contribution in [0.4, 0.5) is 11.4 Å². The van der Waals surface area contributed by atoms with Gasteiger partial charge in [-0.15, -0.1) is 24.0 Å².